The van der Waals surface area contributed by atoms with E-state index < -0.39 is 17.7 Å². The third-order valence-corrected chi connectivity index (χ3v) is 5.95. The van der Waals surface area contributed by atoms with E-state index in [2.05, 4.69) is 30.7 Å². The Balaban J connectivity index is 1.72. The van der Waals surface area contributed by atoms with Crippen LogP contribution < -0.4 is 25.4 Å². The smallest absolute Gasteiger partial charge is 0.369 e. The summed E-state index contributed by atoms with van der Waals surface area (Å²) >= 11 is 1.15. The topological polar surface area (TPSA) is 213 Å². The summed E-state index contributed by atoms with van der Waals surface area (Å²) in [5, 5.41) is 46.8. The van der Waals surface area contributed by atoms with Crippen LogP contribution in [-0.4, -0.2) is 72.5 Å². The predicted octanol–water partition coefficient (Wildman–Crippen LogP) is 0.304. The van der Waals surface area contributed by atoms with Crippen LogP contribution in [0.15, 0.2) is 30.3 Å². The first kappa shape index (κ1) is 27.8. The summed E-state index contributed by atoms with van der Waals surface area (Å²) in [6.07, 6.45) is -0.269. The fraction of sp³-hybridized carbons (Fsp3) is 0.304. The predicted molar refractivity (Wildman–Crippen MR) is 140 cm³/mol. The molecular weight excluding hydrogens is 532 g/mol. The van der Waals surface area contributed by atoms with Gasteiger partial charge in [-0.1, -0.05) is 18.0 Å². The fourth-order valence-electron chi connectivity index (χ4n) is 3.66. The summed E-state index contributed by atoms with van der Waals surface area (Å²) in [4.78, 5) is 37.2. The van der Waals surface area contributed by atoms with Crippen molar-refractivity contribution in [2.24, 2.45) is 13.0 Å². The molecule has 0 unspecified atom stereocenters. The van der Waals surface area contributed by atoms with E-state index in [-0.39, 0.29) is 29.2 Å². The van der Waals surface area contributed by atoms with E-state index in [1.165, 1.54) is 17.9 Å². The van der Waals surface area contributed by atoms with Crippen molar-refractivity contribution in [1.82, 2.24) is 30.0 Å². The van der Waals surface area contributed by atoms with Crippen molar-refractivity contribution < 1.29 is 34.4 Å². The molecule has 3 aromatic rings. The molecule has 1 aliphatic carbocycles. The van der Waals surface area contributed by atoms with Gasteiger partial charge in [-0.25, -0.2) is 0 Å². The molecule has 4 rings (SSSR count). The summed E-state index contributed by atoms with van der Waals surface area (Å²) in [5.74, 6) is -1.55. The number of nitrogens with zero attached hydrogens (tertiary/aromatic N) is 4. The Hall–Kier alpha value is -4.25. The number of benzene rings is 1. The highest BCUT2D eigenvalue weighted by Gasteiger charge is 2.31. The van der Waals surface area contributed by atoms with Crippen LogP contribution >= 0.6 is 11.9 Å². The molecular formula is C23H26N8O7S. The van der Waals surface area contributed by atoms with Gasteiger partial charge in [0.15, 0.2) is 17.3 Å². The molecule has 16 heteroatoms. The Morgan fingerprint density at radius 3 is 2.49 bits per heavy atom. The third-order valence-electron chi connectivity index (χ3n) is 5.56. The maximum atomic E-state index is 12.6. The Morgan fingerprint density at radius 2 is 1.85 bits per heavy atom. The first-order chi connectivity index (χ1) is 18.5. The summed E-state index contributed by atoms with van der Waals surface area (Å²) in [6, 6.07) is 7.95. The molecule has 1 aliphatic rings. The van der Waals surface area contributed by atoms with Gasteiger partial charge in [0.2, 0.25) is 5.91 Å². The lowest BCUT2D eigenvalue weighted by Crippen LogP contribution is -2.48. The van der Waals surface area contributed by atoms with E-state index in [0.717, 1.165) is 24.8 Å². The second-order valence-electron chi connectivity index (χ2n) is 8.53. The molecule has 0 aliphatic heterocycles. The number of ether oxygens (including phenoxy) is 1. The Labute approximate surface area is 226 Å². The number of aliphatic hydroxyl groups is 3. The van der Waals surface area contributed by atoms with Gasteiger partial charge in [-0.05, 0) is 31.0 Å². The lowest BCUT2D eigenvalue weighted by molar-refractivity contribution is -0.323. The van der Waals surface area contributed by atoms with Crippen molar-refractivity contribution in [2.75, 3.05) is 24.0 Å². The molecule has 1 aromatic carbocycles. The van der Waals surface area contributed by atoms with Gasteiger partial charge in [-0.2, -0.15) is 5.10 Å². The number of carbonyl (C=O) groups excluding carboxylic acids is 3. The number of hydrogen-bond donors (Lipinski definition) is 7. The van der Waals surface area contributed by atoms with Crippen LogP contribution in [0.4, 0.5) is 17.2 Å². The largest absolute Gasteiger partial charge is 0.494 e. The van der Waals surface area contributed by atoms with E-state index >= 15 is 0 Å². The molecule has 3 amide bonds. The molecule has 1 fully saturated rings. The van der Waals surface area contributed by atoms with Crippen LogP contribution in [0.25, 0.3) is 11.3 Å². The van der Waals surface area contributed by atoms with E-state index in [1.807, 2.05) is 0 Å². The number of nitrogens with one attached hydrogen (secondary N) is 4. The zero-order valence-electron chi connectivity index (χ0n) is 21.1. The van der Waals surface area contributed by atoms with E-state index in [4.69, 9.17) is 4.74 Å². The quantitative estimate of drug-likeness (QED) is 0.132. The summed E-state index contributed by atoms with van der Waals surface area (Å²) in [6.45, 7) is 0. The zero-order chi connectivity index (χ0) is 28.3. The lowest BCUT2D eigenvalue weighted by atomic mass is 10.1. The molecule has 0 spiro atoms. The third kappa shape index (κ3) is 6.61. The molecule has 0 saturated heterocycles. The van der Waals surface area contributed by atoms with Crippen molar-refractivity contribution in [1.29, 1.82) is 0 Å². The molecule has 39 heavy (non-hydrogen) atoms. The second kappa shape index (κ2) is 11.2. The van der Waals surface area contributed by atoms with Crippen LogP contribution in [0, 0.1) is 5.92 Å². The van der Waals surface area contributed by atoms with Gasteiger partial charge in [-0.15, -0.1) is 10.2 Å². The van der Waals surface area contributed by atoms with Crippen molar-refractivity contribution in [2.45, 2.75) is 18.9 Å². The molecule has 206 valence electrons. The minimum absolute atomic E-state index is 0.00523. The highest BCUT2D eigenvalue weighted by molar-refractivity contribution is 7.97. The lowest BCUT2D eigenvalue weighted by Gasteiger charge is -2.18. The summed E-state index contributed by atoms with van der Waals surface area (Å²) < 4.78 is 9.70. The van der Waals surface area contributed by atoms with E-state index in [0.29, 0.717) is 28.4 Å². The van der Waals surface area contributed by atoms with Crippen molar-refractivity contribution >= 4 is 46.9 Å². The van der Waals surface area contributed by atoms with Gasteiger partial charge in [0.1, 0.15) is 5.69 Å². The average Bonchev–Trinajstić information content (AvgIpc) is 3.65. The maximum Gasteiger partial charge on any atom is 0.369 e. The van der Waals surface area contributed by atoms with Gasteiger partial charge in [0, 0.05) is 30.9 Å². The second-order valence-corrected chi connectivity index (χ2v) is 9.14. The molecule has 0 atom stereocenters. The number of para-hydroxylation sites is 1. The van der Waals surface area contributed by atoms with E-state index in [1.54, 1.807) is 42.9 Å². The Kier molecular flexibility index (Phi) is 8.01. The SMILES string of the molecule is COc1c(Nc2cc(NC(=O)C3CC3)nnc2C(=O)NC(O)(O)O)cccc1-c1cc(C(=O)NSC)n(C)n1. The average molecular weight is 559 g/mol. The number of carbonyl (C=O) groups is 3. The standard InChI is InChI=1S/C23H26N8O7S/c1-31-16(21(33)30-39-3)9-14(29-31)12-5-4-6-13(19(12)38-2)24-15-10-17(25-20(32)11-7-8-11)27-28-18(15)22(34)26-23(35,36)37/h4-6,9-11,35-37H,7-8H2,1-3H3,(H,26,34)(H,30,33)(H2,24,25,27,32). The highest BCUT2D eigenvalue weighted by atomic mass is 32.2. The van der Waals surface area contributed by atoms with E-state index in [9.17, 15) is 29.7 Å². The fourth-order valence-corrected chi connectivity index (χ4v) is 3.95. The van der Waals surface area contributed by atoms with Crippen LogP contribution in [-0.2, 0) is 11.8 Å². The van der Waals surface area contributed by atoms with Gasteiger partial charge in [0.05, 0.1) is 24.2 Å². The Morgan fingerprint density at radius 1 is 1.10 bits per heavy atom. The molecule has 7 N–H and O–H groups in total. The minimum atomic E-state index is -3.51. The van der Waals surface area contributed by atoms with Gasteiger partial charge in [0.25, 0.3) is 11.8 Å². The molecule has 2 aromatic heterocycles. The number of rotatable bonds is 10. The summed E-state index contributed by atoms with van der Waals surface area (Å²) in [5.41, 5.74) is 1.15. The number of amides is 3. The summed E-state index contributed by atoms with van der Waals surface area (Å²) in [7, 11) is 3.05. The molecule has 2 heterocycles. The number of hydrogen-bond acceptors (Lipinski definition) is 12. The Bertz CT molecular complexity index is 1420. The van der Waals surface area contributed by atoms with Crippen LogP contribution in [0.1, 0.15) is 33.8 Å². The molecule has 15 nitrogen and oxygen atoms in total. The normalized spacial score (nSPS) is 13.0. The monoisotopic (exact) mass is 558 g/mol. The van der Waals surface area contributed by atoms with Crippen molar-refractivity contribution in [3.63, 3.8) is 0 Å². The first-order valence-electron chi connectivity index (χ1n) is 11.5. The van der Waals surface area contributed by atoms with Crippen LogP contribution in [0.3, 0.4) is 0 Å². The number of aryl methyl sites for hydroxylation is 1. The molecule has 0 radical (unpaired) electrons. The van der Waals surface area contributed by atoms with Gasteiger partial charge < -0.3 is 30.7 Å². The van der Waals surface area contributed by atoms with Gasteiger partial charge in [-0.3, -0.25) is 29.1 Å². The van der Waals surface area contributed by atoms with Crippen LogP contribution in [0.2, 0.25) is 0 Å². The first-order valence-corrected chi connectivity index (χ1v) is 12.7. The maximum absolute atomic E-state index is 12.6. The van der Waals surface area contributed by atoms with Crippen LogP contribution in [0.5, 0.6) is 5.75 Å². The molecule has 0 bridgehead atoms. The number of anilines is 3. The number of aromatic nitrogens is 4. The molecule has 1 saturated carbocycles. The van der Waals surface area contributed by atoms with Crippen molar-refractivity contribution in [3.05, 3.63) is 41.7 Å². The minimum Gasteiger partial charge on any atom is -0.494 e. The van der Waals surface area contributed by atoms with Crippen molar-refractivity contribution in [3.8, 4) is 17.0 Å². The number of methoxy groups -OCH3 is 1. The zero-order valence-corrected chi connectivity index (χ0v) is 21.9. The van der Waals surface area contributed by atoms with Gasteiger partial charge >= 0.3 is 6.10 Å². The highest BCUT2D eigenvalue weighted by Crippen LogP contribution is 2.38.